The van der Waals surface area contributed by atoms with E-state index >= 15 is 0 Å². The van der Waals surface area contributed by atoms with Gasteiger partial charge in [0.05, 0.1) is 47.8 Å². The molecule has 156 valence electrons. The maximum Gasteiger partial charge on any atom is 0.161 e. The summed E-state index contributed by atoms with van der Waals surface area (Å²) in [4.78, 5) is 0. The second-order valence-electron chi connectivity index (χ2n) is 6.78. The van der Waals surface area contributed by atoms with Crippen molar-refractivity contribution in [1.82, 2.24) is 15.0 Å². The van der Waals surface area contributed by atoms with Crippen LogP contribution in [0.3, 0.4) is 0 Å². The normalized spacial score (nSPS) is 11.1. The lowest BCUT2D eigenvalue weighted by Crippen LogP contribution is -2.02. The molecular weight excluding hydrogens is 386 g/mol. The molecule has 0 aliphatic rings. The van der Waals surface area contributed by atoms with Crippen LogP contribution >= 0.6 is 0 Å². The molecule has 0 aliphatic heterocycles. The number of hydrogen-bond acceptors (Lipinski definition) is 7. The van der Waals surface area contributed by atoms with E-state index in [4.69, 9.17) is 18.9 Å². The number of aliphatic hydroxyl groups is 1. The van der Waals surface area contributed by atoms with Crippen LogP contribution in [0, 0.1) is 0 Å². The number of fused-ring (bicyclic) bond motifs is 3. The van der Waals surface area contributed by atoms with Crippen molar-refractivity contribution in [1.29, 1.82) is 0 Å². The summed E-state index contributed by atoms with van der Waals surface area (Å²) in [5.74, 6) is 2.58. The number of aliphatic hydroxyl groups excluding tert-OH is 1. The highest BCUT2D eigenvalue weighted by Gasteiger charge is 2.16. The third-order valence-corrected chi connectivity index (χ3v) is 5.13. The van der Waals surface area contributed by atoms with Crippen LogP contribution in [-0.2, 0) is 13.2 Å². The fraction of sp³-hybridized carbons (Fsp3) is 0.273. The van der Waals surface area contributed by atoms with E-state index in [0.29, 0.717) is 35.2 Å². The fourth-order valence-electron chi connectivity index (χ4n) is 3.67. The van der Waals surface area contributed by atoms with Gasteiger partial charge < -0.3 is 24.1 Å². The van der Waals surface area contributed by atoms with Crippen LogP contribution in [0.2, 0.25) is 0 Å². The van der Waals surface area contributed by atoms with Gasteiger partial charge in [-0.1, -0.05) is 5.21 Å². The molecule has 4 aromatic rings. The molecule has 0 bridgehead atoms. The molecule has 0 atom stereocenters. The van der Waals surface area contributed by atoms with Crippen LogP contribution in [0.1, 0.15) is 11.3 Å². The number of hydrogen-bond donors (Lipinski definition) is 1. The Balaban J connectivity index is 2.02. The van der Waals surface area contributed by atoms with Crippen LogP contribution in [0.4, 0.5) is 0 Å². The molecule has 1 heterocycles. The summed E-state index contributed by atoms with van der Waals surface area (Å²) in [7, 11) is 6.47. The molecule has 0 aliphatic carbocycles. The molecule has 4 rings (SSSR count). The summed E-state index contributed by atoms with van der Waals surface area (Å²) >= 11 is 0. The van der Waals surface area contributed by atoms with Gasteiger partial charge in [0.25, 0.3) is 0 Å². The Labute approximate surface area is 173 Å². The minimum Gasteiger partial charge on any atom is -0.493 e. The summed E-state index contributed by atoms with van der Waals surface area (Å²) in [5, 5.41) is 21.3. The number of methoxy groups -OCH3 is 4. The molecule has 3 aromatic carbocycles. The Morgan fingerprint density at radius 3 is 1.90 bits per heavy atom. The van der Waals surface area contributed by atoms with E-state index in [-0.39, 0.29) is 6.61 Å². The minimum absolute atomic E-state index is 0.152. The van der Waals surface area contributed by atoms with Crippen molar-refractivity contribution in [2.24, 2.45) is 0 Å². The third-order valence-electron chi connectivity index (χ3n) is 5.13. The molecule has 0 unspecified atom stereocenters. The van der Waals surface area contributed by atoms with E-state index in [0.717, 1.165) is 27.1 Å². The van der Waals surface area contributed by atoms with Crippen molar-refractivity contribution in [2.45, 2.75) is 13.2 Å². The number of nitrogens with zero attached hydrogens (tertiary/aromatic N) is 3. The van der Waals surface area contributed by atoms with Crippen molar-refractivity contribution < 1.29 is 24.1 Å². The van der Waals surface area contributed by atoms with Crippen molar-refractivity contribution >= 4 is 21.5 Å². The molecule has 0 spiro atoms. The molecule has 8 nitrogen and oxygen atoms in total. The van der Waals surface area contributed by atoms with Gasteiger partial charge in [0.15, 0.2) is 23.0 Å². The highest BCUT2D eigenvalue weighted by atomic mass is 16.5. The maximum absolute atomic E-state index is 9.29. The molecule has 0 amide bonds. The zero-order chi connectivity index (χ0) is 21.3. The lowest BCUT2D eigenvalue weighted by Gasteiger charge is -2.16. The SMILES string of the molecule is COc1cc2cc(Cn3cc(CO)nn3)c3cc(OC)c(OC)cc3c2cc1OC. The van der Waals surface area contributed by atoms with E-state index in [1.165, 1.54) is 0 Å². The molecule has 0 fully saturated rings. The summed E-state index contributed by atoms with van der Waals surface area (Å²) in [5.41, 5.74) is 1.53. The van der Waals surface area contributed by atoms with Crippen molar-refractivity contribution in [3.8, 4) is 23.0 Å². The Hall–Kier alpha value is -3.52. The predicted molar refractivity (Wildman–Crippen MR) is 113 cm³/mol. The maximum atomic E-state index is 9.29. The summed E-state index contributed by atoms with van der Waals surface area (Å²) in [6.45, 7) is 0.323. The average molecular weight is 409 g/mol. The average Bonchev–Trinajstić information content (AvgIpc) is 3.24. The van der Waals surface area contributed by atoms with Crippen molar-refractivity contribution in [2.75, 3.05) is 28.4 Å². The molecule has 8 heteroatoms. The monoisotopic (exact) mass is 409 g/mol. The van der Waals surface area contributed by atoms with Gasteiger partial charge in [-0.2, -0.15) is 0 Å². The van der Waals surface area contributed by atoms with Crippen LogP contribution in [0.5, 0.6) is 23.0 Å². The van der Waals surface area contributed by atoms with Gasteiger partial charge in [0, 0.05) is 0 Å². The Morgan fingerprint density at radius 1 is 0.767 bits per heavy atom. The van der Waals surface area contributed by atoms with E-state index in [1.54, 1.807) is 39.3 Å². The predicted octanol–water partition coefficient (Wildman–Crippen LogP) is 3.16. The summed E-state index contributed by atoms with van der Waals surface area (Å²) in [6, 6.07) is 9.93. The molecule has 0 radical (unpaired) electrons. The minimum atomic E-state index is -0.152. The van der Waals surface area contributed by atoms with E-state index in [1.807, 2.05) is 24.3 Å². The van der Waals surface area contributed by atoms with Gasteiger partial charge in [0.2, 0.25) is 0 Å². The van der Waals surface area contributed by atoms with Gasteiger partial charge in [-0.15, -0.1) is 5.10 Å². The van der Waals surface area contributed by atoms with Crippen LogP contribution in [-0.4, -0.2) is 48.5 Å². The zero-order valence-corrected chi connectivity index (χ0v) is 17.3. The number of rotatable bonds is 7. The second-order valence-corrected chi connectivity index (χ2v) is 6.78. The Kier molecular flexibility index (Phi) is 5.33. The first-order valence-electron chi connectivity index (χ1n) is 9.35. The van der Waals surface area contributed by atoms with Gasteiger partial charge in [-0.25, -0.2) is 4.68 Å². The van der Waals surface area contributed by atoms with Gasteiger partial charge >= 0.3 is 0 Å². The van der Waals surface area contributed by atoms with Crippen LogP contribution < -0.4 is 18.9 Å². The Morgan fingerprint density at radius 2 is 1.33 bits per heavy atom. The molecule has 30 heavy (non-hydrogen) atoms. The lowest BCUT2D eigenvalue weighted by atomic mass is 9.96. The first-order valence-corrected chi connectivity index (χ1v) is 9.35. The number of ether oxygens (including phenoxy) is 4. The number of benzene rings is 3. The van der Waals surface area contributed by atoms with Crippen LogP contribution in [0.15, 0.2) is 36.5 Å². The second kappa shape index (κ2) is 8.08. The highest BCUT2D eigenvalue weighted by molar-refractivity contribution is 6.11. The molecule has 0 saturated carbocycles. The van der Waals surface area contributed by atoms with Crippen molar-refractivity contribution in [3.63, 3.8) is 0 Å². The van der Waals surface area contributed by atoms with E-state index < -0.39 is 0 Å². The molecular formula is C22H23N3O5. The quantitative estimate of drug-likeness (QED) is 0.469. The topological polar surface area (TPSA) is 87.9 Å². The molecule has 1 aromatic heterocycles. The van der Waals surface area contributed by atoms with Gasteiger partial charge in [-0.3, -0.25) is 0 Å². The summed E-state index contributed by atoms with van der Waals surface area (Å²) < 4.78 is 23.8. The first-order chi connectivity index (χ1) is 14.6. The van der Waals surface area contributed by atoms with E-state index in [9.17, 15) is 5.11 Å². The van der Waals surface area contributed by atoms with Gasteiger partial charge in [0.1, 0.15) is 5.69 Å². The fourth-order valence-corrected chi connectivity index (χ4v) is 3.67. The lowest BCUT2D eigenvalue weighted by molar-refractivity contribution is 0.276. The third kappa shape index (κ3) is 3.35. The highest BCUT2D eigenvalue weighted by Crippen LogP contribution is 2.41. The van der Waals surface area contributed by atoms with Crippen molar-refractivity contribution in [3.05, 3.63) is 47.8 Å². The van der Waals surface area contributed by atoms with E-state index in [2.05, 4.69) is 16.4 Å². The van der Waals surface area contributed by atoms with Gasteiger partial charge in [-0.05, 0) is 57.4 Å². The Bertz CT molecular complexity index is 1220. The van der Waals surface area contributed by atoms with Crippen LogP contribution in [0.25, 0.3) is 21.5 Å². The standard InChI is InChI=1S/C22H23N3O5/c1-27-19-6-13-5-14(10-25-11-15(12-26)23-24-25)17-8-21(29-3)22(30-4)9-18(17)16(13)7-20(19)28-2/h5-9,11,26H,10,12H2,1-4H3. The largest absolute Gasteiger partial charge is 0.493 e. The summed E-state index contributed by atoms with van der Waals surface area (Å²) in [6.07, 6.45) is 1.73. The number of aromatic nitrogens is 3. The molecule has 0 saturated heterocycles. The first kappa shape index (κ1) is 19.8. The smallest absolute Gasteiger partial charge is 0.161 e. The zero-order valence-electron chi connectivity index (χ0n) is 17.3. The molecule has 1 N–H and O–H groups in total.